The molecule has 134 valence electrons. The SMILES string of the molecule is O=C(COC(=O)[C@H]1CSC2(CCCC2)C(=O)N1)Nc1ccc(Br)cc1. The first-order valence-corrected chi connectivity index (χ1v) is 9.93. The van der Waals surface area contributed by atoms with Gasteiger partial charge in [0.15, 0.2) is 6.61 Å². The van der Waals surface area contributed by atoms with E-state index in [4.69, 9.17) is 4.74 Å². The van der Waals surface area contributed by atoms with Gasteiger partial charge in [0.05, 0.1) is 4.75 Å². The number of esters is 1. The summed E-state index contributed by atoms with van der Waals surface area (Å²) in [5.41, 5.74) is 0.619. The largest absolute Gasteiger partial charge is 0.454 e. The molecule has 6 nitrogen and oxygen atoms in total. The third-order valence-electron chi connectivity index (χ3n) is 4.41. The van der Waals surface area contributed by atoms with Crippen molar-refractivity contribution in [1.82, 2.24) is 5.32 Å². The fourth-order valence-electron chi connectivity index (χ4n) is 3.05. The molecule has 25 heavy (non-hydrogen) atoms. The van der Waals surface area contributed by atoms with Crippen molar-refractivity contribution in [2.24, 2.45) is 0 Å². The molecule has 2 N–H and O–H groups in total. The maximum atomic E-state index is 12.3. The highest BCUT2D eigenvalue weighted by Crippen LogP contribution is 2.44. The van der Waals surface area contributed by atoms with Gasteiger partial charge in [0.2, 0.25) is 5.91 Å². The van der Waals surface area contributed by atoms with Crippen molar-refractivity contribution < 1.29 is 19.1 Å². The van der Waals surface area contributed by atoms with E-state index in [0.717, 1.165) is 30.2 Å². The molecule has 2 aliphatic rings. The molecule has 1 heterocycles. The van der Waals surface area contributed by atoms with Crippen LogP contribution in [0.2, 0.25) is 0 Å². The number of rotatable bonds is 4. The van der Waals surface area contributed by atoms with Crippen LogP contribution in [0, 0.1) is 0 Å². The van der Waals surface area contributed by atoms with Crippen molar-refractivity contribution in [3.8, 4) is 0 Å². The molecule has 8 heteroatoms. The van der Waals surface area contributed by atoms with Gasteiger partial charge in [-0.3, -0.25) is 9.59 Å². The van der Waals surface area contributed by atoms with Gasteiger partial charge in [-0.1, -0.05) is 28.8 Å². The van der Waals surface area contributed by atoms with E-state index in [1.807, 2.05) is 0 Å². The Labute approximate surface area is 158 Å². The molecule has 1 spiro atoms. The van der Waals surface area contributed by atoms with Gasteiger partial charge in [0, 0.05) is 15.9 Å². The Morgan fingerprint density at radius 2 is 1.96 bits per heavy atom. The number of carbonyl (C=O) groups is 3. The summed E-state index contributed by atoms with van der Waals surface area (Å²) >= 11 is 4.85. The predicted octanol–water partition coefficient (Wildman–Crippen LogP) is 2.48. The molecule has 1 aliphatic carbocycles. The second-order valence-corrected chi connectivity index (χ2v) is 8.52. The van der Waals surface area contributed by atoms with Gasteiger partial charge in [-0.15, -0.1) is 11.8 Å². The van der Waals surface area contributed by atoms with E-state index in [2.05, 4.69) is 26.6 Å². The van der Waals surface area contributed by atoms with Gasteiger partial charge in [-0.2, -0.15) is 0 Å². The Bertz CT molecular complexity index is 674. The van der Waals surface area contributed by atoms with E-state index in [9.17, 15) is 14.4 Å². The summed E-state index contributed by atoms with van der Waals surface area (Å²) in [5, 5.41) is 5.40. The number of amides is 2. The van der Waals surface area contributed by atoms with Crippen LogP contribution in [-0.4, -0.2) is 40.9 Å². The summed E-state index contributed by atoms with van der Waals surface area (Å²) in [7, 11) is 0. The molecule has 1 saturated heterocycles. The first-order valence-electron chi connectivity index (χ1n) is 8.15. The molecule has 1 aromatic rings. The minimum Gasteiger partial charge on any atom is -0.454 e. The standard InChI is InChI=1S/C17H19BrN2O4S/c18-11-3-5-12(6-4-11)19-14(21)9-24-15(22)13-10-25-17(16(23)20-13)7-1-2-8-17/h3-6,13H,1-2,7-10H2,(H,19,21)(H,20,23)/t13-/m1/s1. The minimum atomic E-state index is -0.691. The lowest BCUT2D eigenvalue weighted by atomic mass is 10.1. The van der Waals surface area contributed by atoms with E-state index in [-0.39, 0.29) is 17.3 Å². The Kier molecular flexibility index (Phi) is 5.68. The summed E-state index contributed by atoms with van der Waals surface area (Å²) in [6, 6.07) is 6.39. The molecule has 2 amide bonds. The van der Waals surface area contributed by atoms with Crippen LogP contribution in [0.3, 0.4) is 0 Å². The Morgan fingerprint density at radius 1 is 1.28 bits per heavy atom. The van der Waals surface area contributed by atoms with Crippen LogP contribution in [0.4, 0.5) is 5.69 Å². The average Bonchev–Trinajstić information content (AvgIpc) is 3.07. The predicted molar refractivity (Wildman–Crippen MR) is 99.3 cm³/mol. The smallest absolute Gasteiger partial charge is 0.330 e. The molecule has 1 aliphatic heterocycles. The second-order valence-electron chi connectivity index (χ2n) is 6.20. The van der Waals surface area contributed by atoms with E-state index in [1.54, 1.807) is 24.3 Å². The number of thioether (sulfide) groups is 1. The molecule has 3 rings (SSSR count). The lowest BCUT2D eigenvalue weighted by Crippen LogP contribution is -2.56. The second kappa shape index (κ2) is 7.78. The van der Waals surface area contributed by atoms with E-state index < -0.39 is 17.9 Å². The van der Waals surface area contributed by atoms with Crippen LogP contribution in [0.5, 0.6) is 0 Å². The topological polar surface area (TPSA) is 84.5 Å². The van der Waals surface area contributed by atoms with Crippen LogP contribution >= 0.6 is 27.7 Å². The number of benzene rings is 1. The highest BCUT2D eigenvalue weighted by Gasteiger charge is 2.47. The van der Waals surface area contributed by atoms with Crippen molar-refractivity contribution >= 4 is 51.2 Å². The zero-order valence-corrected chi connectivity index (χ0v) is 16.0. The van der Waals surface area contributed by atoms with Crippen molar-refractivity contribution in [1.29, 1.82) is 0 Å². The molecule has 1 atom stereocenters. The van der Waals surface area contributed by atoms with Crippen molar-refractivity contribution in [2.75, 3.05) is 17.7 Å². The van der Waals surface area contributed by atoms with Gasteiger partial charge in [-0.05, 0) is 37.1 Å². The molecule has 0 bridgehead atoms. The first kappa shape index (κ1) is 18.3. The highest BCUT2D eigenvalue weighted by molar-refractivity contribution is 9.10. The van der Waals surface area contributed by atoms with E-state index in [1.165, 1.54) is 11.8 Å². The zero-order chi connectivity index (χ0) is 17.9. The van der Waals surface area contributed by atoms with Crippen LogP contribution in [0.25, 0.3) is 0 Å². The summed E-state index contributed by atoms with van der Waals surface area (Å²) in [6.07, 6.45) is 3.82. The van der Waals surface area contributed by atoms with Crippen LogP contribution in [-0.2, 0) is 19.1 Å². The van der Waals surface area contributed by atoms with Crippen molar-refractivity contribution in [2.45, 2.75) is 36.5 Å². The van der Waals surface area contributed by atoms with Crippen molar-refractivity contribution in [3.05, 3.63) is 28.7 Å². The normalized spacial score (nSPS) is 21.6. The fourth-order valence-corrected chi connectivity index (χ4v) is 4.79. The lowest BCUT2D eigenvalue weighted by molar-refractivity contribution is -0.150. The Hall–Kier alpha value is -1.54. The summed E-state index contributed by atoms with van der Waals surface area (Å²) in [5.74, 6) is -0.585. The maximum Gasteiger partial charge on any atom is 0.330 e. The maximum absolute atomic E-state index is 12.3. The average molecular weight is 427 g/mol. The van der Waals surface area contributed by atoms with E-state index in [0.29, 0.717) is 11.4 Å². The number of carbonyl (C=O) groups excluding carboxylic acids is 3. The molecule has 0 unspecified atom stereocenters. The fraction of sp³-hybridized carbons (Fsp3) is 0.471. The summed E-state index contributed by atoms with van der Waals surface area (Å²) in [6.45, 7) is -0.378. The van der Waals surface area contributed by atoms with Gasteiger partial charge in [0.25, 0.3) is 5.91 Å². The third kappa shape index (κ3) is 4.36. The van der Waals surface area contributed by atoms with Gasteiger partial charge < -0.3 is 15.4 Å². The Morgan fingerprint density at radius 3 is 2.60 bits per heavy atom. The number of ether oxygens (including phenoxy) is 1. The van der Waals surface area contributed by atoms with Crippen LogP contribution in [0.1, 0.15) is 25.7 Å². The zero-order valence-electron chi connectivity index (χ0n) is 13.5. The quantitative estimate of drug-likeness (QED) is 0.722. The Balaban J connectivity index is 1.45. The van der Waals surface area contributed by atoms with Gasteiger partial charge in [-0.25, -0.2) is 4.79 Å². The monoisotopic (exact) mass is 426 g/mol. The van der Waals surface area contributed by atoms with Crippen molar-refractivity contribution in [3.63, 3.8) is 0 Å². The number of hydrogen-bond donors (Lipinski definition) is 2. The highest BCUT2D eigenvalue weighted by atomic mass is 79.9. The molecular weight excluding hydrogens is 408 g/mol. The number of hydrogen-bond acceptors (Lipinski definition) is 5. The molecular formula is C17H19BrN2O4S. The molecule has 2 fully saturated rings. The molecule has 0 radical (unpaired) electrons. The number of anilines is 1. The van der Waals surface area contributed by atoms with Gasteiger partial charge >= 0.3 is 5.97 Å². The van der Waals surface area contributed by atoms with E-state index >= 15 is 0 Å². The number of halogens is 1. The summed E-state index contributed by atoms with van der Waals surface area (Å²) in [4.78, 5) is 36.3. The summed E-state index contributed by atoms with van der Waals surface area (Å²) < 4.78 is 5.59. The first-order chi connectivity index (χ1) is 12.0. The molecule has 1 aromatic carbocycles. The molecule has 1 saturated carbocycles. The molecule has 0 aromatic heterocycles. The van der Waals surface area contributed by atoms with Crippen LogP contribution < -0.4 is 10.6 Å². The lowest BCUT2D eigenvalue weighted by Gasteiger charge is -2.35. The van der Waals surface area contributed by atoms with Crippen LogP contribution in [0.15, 0.2) is 28.7 Å². The minimum absolute atomic E-state index is 0.0810. The number of nitrogens with one attached hydrogen (secondary N) is 2. The third-order valence-corrected chi connectivity index (χ3v) is 6.59. The van der Waals surface area contributed by atoms with Gasteiger partial charge in [0.1, 0.15) is 6.04 Å².